The van der Waals surface area contributed by atoms with Gasteiger partial charge in [-0.2, -0.15) is 0 Å². The van der Waals surface area contributed by atoms with E-state index < -0.39 is 0 Å². The lowest BCUT2D eigenvalue weighted by molar-refractivity contribution is -0.0124. The first-order valence-electron chi connectivity index (χ1n) is 7.25. The number of pyridine rings is 1. The second kappa shape index (κ2) is 6.87. The fraction of sp³-hybridized carbons (Fsp3) is 0.471. The zero-order chi connectivity index (χ0) is 15.3. The summed E-state index contributed by atoms with van der Waals surface area (Å²) in [5.41, 5.74) is 1.92. The maximum absolute atomic E-state index is 5.79. The van der Waals surface area contributed by atoms with Crippen molar-refractivity contribution in [3.63, 3.8) is 0 Å². The number of aromatic nitrogens is 1. The molecule has 0 amide bonds. The van der Waals surface area contributed by atoms with Crippen LogP contribution in [0.2, 0.25) is 0 Å². The number of methoxy groups -OCH3 is 1. The molecule has 4 nitrogen and oxygen atoms in total. The maximum atomic E-state index is 5.79. The van der Waals surface area contributed by atoms with Gasteiger partial charge >= 0.3 is 0 Å². The van der Waals surface area contributed by atoms with E-state index in [9.17, 15) is 0 Å². The van der Waals surface area contributed by atoms with Crippen molar-refractivity contribution in [3.8, 4) is 0 Å². The van der Waals surface area contributed by atoms with Crippen LogP contribution < -0.4 is 5.32 Å². The van der Waals surface area contributed by atoms with E-state index in [1.807, 2.05) is 25.2 Å². The first-order valence-corrected chi connectivity index (χ1v) is 7.25. The van der Waals surface area contributed by atoms with Gasteiger partial charge in [0.1, 0.15) is 5.82 Å². The van der Waals surface area contributed by atoms with Crippen LogP contribution in [0.15, 0.2) is 30.3 Å². The minimum absolute atomic E-state index is 0.145. The Balaban J connectivity index is 2.04. The fourth-order valence-electron chi connectivity index (χ4n) is 2.09. The highest BCUT2D eigenvalue weighted by molar-refractivity contribution is 5.81. The molecule has 0 aliphatic rings. The Labute approximate surface area is 126 Å². The van der Waals surface area contributed by atoms with Gasteiger partial charge in [0.25, 0.3) is 0 Å². The van der Waals surface area contributed by atoms with Gasteiger partial charge in [0, 0.05) is 31.7 Å². The second-order valence-corrected chi connectivity index (χ2v) is 5.71. The van der Waals surface area contributed by atoms with E-state index in [-0.39, 0.29) is 5.60 Å². The number of nitrogens with zero attached hydrogens (tertiary/aromatic N) is 1. The van der Waals surface area contributed by atoms with E-state index in [4.69, 9.17) is 9.47 Å². The molecular formula is C17H24N2O2. The highest BCUT2D eigenvalue weighted by Crippen LogP contribution is 2.21. The van der Waals surface area contributed by atoms with Crippen molar-refractivity contribution in [2.24, 2.45) is 0 Å². The van der Waals surface area contributed by atoms with Gasteiger partial charge in [-0.25, -0.2) is 4.98 Å². The van der Waals surface area contributed by atoms with Crippen LogP contribution in [0.4, 0.5) is 5.82 Å². The van der Waals surface area contributed by atoms with Crippen molar-refractivity contribution in [1.29, 1.82) is 0 Å². The Kier molecular flexibility index (Phi) is 5.15. The Morgan fingerprint density at radius 1 is 1.24 bits per heavy atom. The monoisotopic (exact) mass is 288 g/mol. The molecule has 4 heteroatoms. The Morgan fingerprint density at radius 3 is 2.71 bits per heavy atom. The van der Waals surface area contributed by atoms with Gasteiger partial charge < -0.3 is 14.8 Å². The molecule has 1 heterocycles. The molecule has 1 N–H and O–H groups in total. The van der Waals surface area contributed by atoms with Crippen LogP contribution in [-0.4, -0.2) is 31.3 Å². The SMILES string of the molecule is CNc1nc2ccccc2cc1COCCC(C)(C)OC. The Bertz CT molecular complexity index is 596. The molecule has 2 aromatic rings. The molecule has 0 saturated carbocycles. The molecule has 0 bridgehead atoms. The lowest BCUT2D eigenvalue weighted by Gasteiger charge is -2.22. The van der Waals surface area contributed by atoms with Crippen LogP contribution in [0.25, 0.3) is 10.9 Å². The Hall–Kier alpha value is -1.65. The largest absolute Gasteiger partial charge is 0.379 e. The third-order valence-corrected chi connectivity index (χ3v) is 3.70. The lowest BCUT2D eigenvalue weighted by atomic mass is 10.1. The number of nitrogens with one attached hydrogen (secondary N) is 1. The van der Waals surface area contributed by atoms with Gasteiger partial charge in [0.2, 0.25) is 0 Å². The molecule has 0 unspecified atom stereocenters. The molecule has 0 spiro atoms. The molecular weight excluding hydrogens is 264 g/mol. The highest BCUT2D eigenvalue weighted by atomic mass is 16.5. The number of benzene rings is 1. The third-order valence-electron chi connectivity index (χ3n) is 3.70. The van der Waals surface area contributed by atoms with Crippen LogP contribution >= 0.6 is 0 Å². The zero-order valence-electron chi connectivity index (χ0n) is 13.3. The summed E-state index contributed by atoms with van der Waals surface area (Å²) in [5, 5.41) is 4.27. The molecule has 0 aliphatic carbocycles. The van der Waals surface area contributed by atoms with Gasteiger partial charge in [-0.15, -0.1) is 0 Å². The summed E-state index contributed by atoms with van der Waals surface area (Å²) in [6, 6.07) is 10.2. The van der Waals surface area contributed by atoms with Gasteiger partial charge in [-0.3, -0.25) is 0 Å². The number of fused-ring (bicyclic) bond motifs is 1. The predicted molar refractivity (Wildman–Crippen MR) is 86.7 cm³/mol. The van der Waals surface area contributed by atoms with E-state index in [2.05, 4.69) is 36.3 Å². The average Bonchev–Trinajstić information content (AvgIpc) is 2.50. The molecule has 0 fully saturated rings. The van der Waals surface area contributed by atoms with Crippen LogP contribution in [0.3, 0.4) is 0 Å². The topological polar surface area (TPSA) is 43.4 Å². The number of hydrogen-bond acceptors (Lipinski definition) is 4. The molecule has 0 atom stereocenters. The number of rotatable bonds is 7. The molecule has 114 valence electrons. The number of anilines is 1. The van der Waals surface area contributed by atoms with Crippen LogP contribution in [0.1, 0.15) is 25.8 Å². The molecule has 1 aromatic heterocycles. The van der Waals surface area contributed by atoms with E-state index in [0.29, 0.717) is 13.2 Å². The fourth-order valence-corrected chi connectivity index (χ4v) is 2.09. The Morgan fingerprint density at radius 2 is 2.00 bits per heavy atom. The minimum Gasteiger partial charge on any atom is -0.379 e. The van der Waals surface area contributed by atoms with Crippen molar-refractivity contribution in [2.75, 3.05) is 26.1 Å². The maximum Gasteiger partial charge on any atom is 0.131 e. The van der Waals surface area contributed by atoms with Crippen molar-refractivity contribution < 1.29 is 9.47 Å². The van der Waals surface area contributed by atoms with E-state index in [0.717, 1.165) is 28.7 Å². The van der Waals surface area contributed by atoms with E-state index >= 15 is 0 Å². The lowest BCUT2D eigenvalue weighted by Crippen LogP contribution is -2.24. The van der Waals surface area contributed by atoms with Crippen LogP contribution in [0.5, 0.6) is 0 Å². The molecule has 1 aromatic carbocycles. The van der Waals surface area contributed by atoms with Gasteiger partial charge in [0.05, 0.1) is 17.7 Å². The number of ether oxygens (including phenoxy) is 2. The first kappa shape index (κ1) is 15.7. The number of para-hydroxylation sites is 1. The van der Waals surface area contributed by atoms with Crippen molar-refractivity contribution >= 4 is 16.7 Å². The summed E-state index contributed by atoms with van der Waals surface area (Å²) >= 11 is 0. The normalized spacial score (nSPS) is 11.8. The smallest absolute Gasteiger partial charge is 0.131 e. The highest BCUT2D eigenvalue weighted by Gasteiger charge is 2.15. The zero-order valence-corrected chi connectivity index (χ0v) is 13.3. The third kappa shape index (κ3) is 4.16. The minimum atomic E-state index is -0.145. The van der Waals surface area contributed by atoms with Crippen LogP contribution in [0, 0.1) is 0 Å². The summed E-state index contributed by atoms with van der Waals surface area (Å²) in [6.45, 7) is 5.34. The summed E-state index contributed by atoms with van der Waals surface area (Å²) in [6.07, 6.45) is 0.861. The standard InChI is InChI=1S/C17H24N2O2/c1-17(2,20-4)9-10-21-12-14-11-13-7-5-6-8-15(13)19-16(14)18-3/h5-8,11H,9-10,12H2,1-4H3,(H,18,19). The van der Waals surface area contributed by atoms with Crippen molar-refractivity contribution in [3.05, 3.63) is 35.9 Å². The van der Waals surface area contributed by atoms with Gasteiger partial charge in [-0.1, -0.05) is 18.2 Å². The molecule has 0 radical (unpaired) electrons. The van der Waals surface area contributed by atoms with E-state index in [1.165, 1.54) is 0 Å². The van der Waals surface area contributed by atoms with Crippen molar-refractivity contribution in [1.82, 2.24) is 4.98 Å². The van der Waals surface area contributed by atoms with Gasteiger partial charge in [-0.05, 0) is 32.4 Å². The summed E-state index contributed by atoms with van der Waals surface area (Å²) in [7, 11) is 3.61. The summed E-state index contributed by atoms with van der Waals surface area (Å²) < 4.78 is 11.2. The predicted octanol–water partition coefficient (Wildman–Crippen LogP) is 3.61. The summed E-state index contributed by atoms with van der Waals surface area (Å²) in [4.78, 5) is 4.62. The van der Waals surface area contributed by atoms with Crippen molar-refractivity contribution in [2.45, 2.75) is 32.5 Å². The molecule has 2 rings (SSSR count). The molecule has 21 heavy (non-hydrogen) atoms. The van der Waals surface area contributed by atoms with Crippen LogP contribution in [-0.2, 0) is 16.1 Å². The molecule has 0 saturated heterocycles. The van der Waals surface area contributed by atoms with Gasteiger partial charge in [0.15, 0.2) is 0 Å². The number of hydrogen-bond donors (Lipinski definition) is 1. The second-order valence-electron chi connectivity index (χ2n) is 5.71. The summed E-state index contributed by atoms with van der Waals surface area (Å²) in [5.74, 6) is 0.875. The van der Waals surface area contributed by atoms with E-state index in [1.54, 1.807) is 7.11 Å². The quantitative estimate of drug-likeness (QED) is 0.790. The average molecular weight is 288 g/mol. The first-order chi connectivity index (χ1) is 10.1. The molecule has 0 aliphatic heterocycles.